The van der Waals surface area contributed by atoms with Gasteiger partial charge in [0.1, 0.15) is 4.75 Å². The zero-order valence-electron chi connectivity index (χ0n) is 20.3. The SMILES string of the molecule is O=C(O)CCCC[C@]1(C(=O)NCCCCCC(=O)ON2C(=O)CC(S(=O)(=O)O)C2=O)SC[C@@H]2NC(=O)N[C@@H]21.[NaH]. The molecule has 3 fully saturated rings. The van der Waals surface area contributed by atoms with Crippen molar-refractivity contribution < 1.29 is 51.7 Å². The van der Waals surface area contributed by atoms with Gasteiger partial charge in [0.05, 0.1) is 18.5 Å². The first-order valence-corrected chi connectivity index (χ1v) is 14.6. The number of urea groups is 1. The molecule has 0 spiro atoms. The van der Waals surface area contributed by atoms with E-state index < -0.39 is 56.3 Å². The van der Waals surface area contributed by atoms with Gasteiger partial charge in [-0.25, -0.2) is 9.59 Å². The summed E-state index contributed by atoms with van der Waals surface area (Å²) in [6, 6.07) is -0.970. The van der Waals surface area contributed by atoms with Gasteiger partial charge >= 0.3 is 47.5 Å². The van der Waals surface area contributed by atoms with Crippen LogP contribution in [0.15, 0.2) is 0 Å². The van der Waals surface area contributed by atoms with Crippen LogP contribution in [-0.2, 0) is 38.9 Å². The van der Waals surface area contributed by atoms with E-state index in [1.807, 2.05) is 0 Å². The number of carboxylic acid groups (broad SMARTS) is 1. The molecule has 3 heterocycles. The second-order valence-corrected chi connectivity index (χ2v) is 12.2. The number of carbonyl (C=O) groups excluding carboxylic acids is 5. The van der Waals surface area contributed by atoms with Gasteiger partial charge in [-0.2, -0.15) is 8.42 Å². The predicted molar refractivity (Wildman–Crippen MR) is 137 cm³/mol. The van der Waals surface area contributed by atoms with E-state index in [1.165, 1.54) is 11.8 Å². The fraction of sp³-hybridized carbons (Fsp3) is 0.714. The number of amides is 5. The normalized spacial score (nSPS) is 25.9. The Hall–Kier alpha value is -1.92. The Kier molecular flexibility index (Phi) is 12.0. The van der Waals surface area contributed by atoms with Gasteiger partial charge in [0.15, 0.2) is 5.25 Å². The number of imide groups is 1. The number of thioether (sulfide) groups is 1. The number of nitrogens with zero attached hydrogens (tertiary/aromatic N) is 1. The summed E-state index contributed by atoms with van der Waals surface area (Å²) in [6.07, 6.45) is 1.58. The average Bonchev–Trinajstić information content (AvgIpc) is 3.46. The number of hydroxylamine groups is 2. The van der Waals surface area contributed by atoms with Gasteiger partial charge in [0, 0.05) is 25.1 Å². The molecule has 5 amide bonds. The van der Waals surface area contributed by atoms with E-state index in [2.05, 4.69) is 20.8 Å². The first-order valence-electron chi connectivity index (χ1n) is 12.1. The van der Waals surface area contributed by atoms with Gasteiger partial charge in [-0.05, 0) is 25.7 Å². The van der Waals surface area contributed by atoms with E-state index in [-0.39, 0.29) is 72.0 Å². The Labute approximate surface area is 250 Å². The Morgan fingerprint density at radius 2 is 1.77 bits per heavy atom. The summed E-state index contributed by atoms with van der Waals surface area (Å²) < 4.78 is 30.4. The van der Waals surface area contributed by atoms with Crippen LogP contribution in [0.3, 0.4) is 0 Å². The first-order chi connectivity index (χ1) is 17.8. The maximum atomic E-state index is 13.2. The second-order valence-electron chi connectivity index (χ2n) is 9.27. The number of carbonyl (C=O) groups is 6. The van der Waals surface area contributed by atoms with Crippen LogP contribution in [-0.4, -0.2) is 123 Å². The second kappa shape index (κ2) is 14.1. The van der Waals surface area contributed by atoms with Crippen molar-refractivity contribution in [3.8, 4) is 0 Å². The monoisotopic (exact) mass is 602 g/mol. The van der Waals surface area contributed by atoms with Crippen LogP contribution in [0.4, 0.5) is 4.79 Å². The molecule has 0 aliphatic carbocycles. The van der Waals surface area contributed by atoms with Crippen molar-refractivity contribution in [2.24, 2.45) is 0 Å². The number of nitrogens with one attached hydrogen (secondary N) is 3. The third kappa shape index (κ3) is 8.29. The topological polar surface area (TPSA) is 226 Å². The van der Waals surface area contributed by atoms with Crippen molar-refractivity contribution in [1.82, 2.24) is 21.0 Å². The van der Waals surface area contributed by atoms with Crippen molar-refractivity contribution in [1.29, 1.82) is 0 Å². The summed E-state index contributed by atoms with van der Waals surface area (Å²) in [5.41, 5.74) is 0. The summed E-state index contributed by atoms with van der Waals surface area (Å²) >= 11 is 1.43. The fourth-order valence-electron chi connectivity index (χ4n) is 4.64. The van der Waals surface area contributed by atoms with Crippen molar-refractivity contribution in [3.63, 3.8) is 0 Å². The summed E-state index contributed by atoms with van der Waals surface area (Å²) in [4.78, 5) is 76.1. The van der Waals surface area contributed by atoms with Crippen molar-refractivity contribution in [2.45, 2.75) is 79.9 Å². The van der Waals surface area contributed by atoms with Gasteiger partial charge in [-0.1, -0.05) is 12.8 Å². The van der Waals surface area contributed by atoms with E-state index in [0.29, 0.717) is 44.3 Å². The van der Waals surface area contributed by atoms with Crippen molar-refractivity contribution in [2.75, 3.05) is 12.3 Å². The summed E-state index contributed by atoms with van der Waals surface area (Å²) in [5.74, 6) is -3.93. The van der Waals surface area contributed by atoms with Crippen LogP contribution in [0.5, 0.6) is 0 Å². The van der Waals surface area contributed by atoms with Crippen LogP contribution in [0, 0.1) is 0 Å². The van der Waals surface area contributed by atoms with Crippen molar-refractivity contribution >= 4 is 87.1 Å². The first kappa shape index (κ1) is 33.3. The van der Waals surface area contributed by atoms with E-state index in [4.69, 9.17) is 9.66 Å². The van der Waals surface area contributed by atoms with E-state index in [1.54, 1.807) is 0 Å². The summed E-state index contributed by atoms with van der Waals surface area (Å²) in [6.45, 7) is 0.281. The zero-order valence-corrected chi connectivity index (χ0v) is 22.0. The molecule has 0 aromatic carbocycles. The standard InChI is InChI=1S/C21H30N4O11S2.Na.H/c26-14-10-13(38(33,34)35)18(30)25(14)36-16(29)7-2-1-5-9-22-19(31)21(8-4-3-6-15(27)28)17-12(11-37-21)23-20(32)24-17;;/h12-13,17H,1-11H2,(H,22,31)(H,27,28)(H2,23,24,32)(H,33,34,35);;/t12-,13?,17-,21-;;/m0../s1. The van der Waals surface area contributed by atoms with Crippen LogP contribution >= 0.6 is 11.8 Å². The molecule has 0 radical (unpaired) electrons. The number of hydrogen-bond acceptors (Lipinski definition) is 10. The molecule has 15 nitrogen and oxygen atoms in total. The van der Waals surface area contributed by atoms with E-state index in [9.17, 15) is 37.2 Å². The molecule has 0 saturated carbocycles. The Morgan fingerprint density at radius 1 is 1.08 bits per heavy atom. The van der Waals surface area contributed by atoms with Crippen molar-refractivity contribution in [3.05, 3.63) is 0 Å². The molecule has 18 heteroatoms. The van der Waals surface area contributed by atoms with E-state index in [0.717, 1.165) is 0 Å². The molecule has 3 rings (SSSR count). The molecule has 3 saturated heterocycles. The van der Waals surface area contributed by atoms with Crippen LogP contribution < -0.4 is 16.0 Å². The molecule has 39 heavy (non-hydrogen) atoms. The molecule has 3 aliphatic rings. The molecule has 5 N–H and O–H groups in total. The predicted octanol–water partition coefficient (Wildman–Crippen LogP) is -1.33. The molecule has 4 atom stereocenters. The zero-order chi connectivity index (χ0) is 28.1. The van der Waals surface area contributed by atoms with Crippen LogP contribution in [0.2, 0.25) is 0 Å². The maximum absolute atomic E-state index is 13.2. The minimum absolute atomic E-state index is 0. The molecule has 0 bridgehead atoms. The number of aliphatic carboxylic acids is 1. The quantitative estimate of drug-likeness (QED) is 0.0512. The van der Waals surface area contributed by atoms with Crippen LogP contribution in [0.25, 0.3) is 0 Å². The summed E-state index contributed by atoms with van der Waals surface area (Å²) in [7, 11) is -4.80. The summed E-state index contributed by atoms with van der Waals surface area (Å²) in [5, 5.41) is 15.4. The van der Waals surface area contributed by atoms with E-state index >= 15 is 0 Å². The molecule has 0 aromatic heterocycles. The Balaban J connectivity index is 0.00000533. The van der Waals surface area contributed by atoms with Gasteiger partial charge in [0.25, 0.3) is 21.9 Å². The van der Waals surface area contributed by atoms with Gasteiger partial charge in [-0.15, -0.1) is 16.8 Å². The number of carboxylic acids is 1. The third-order valence-corrected chi connectivity index (χ3v) is 9.33. The van der Waals surface area contributed by atoms with Crippen LogP contribution in [0.1, 0.15) is 57.8 Å². The number of unbranched alkanes of at least 4 members (excludes halogenated alkanes) is 3. The fourth-order valence-corrected chi connectivity index (χ4v) is 6.99. The molecule has 0 aromatic rings. The molecular weight excluding hydrogens is 571 g/mol. The molecular formula is C21H31N4NaO11S2. The molecule has 214 valence electrons. The average molecular weight is 603 g/mol. The molecule has 3 aliphatic heterocycles. The number of fused-ring (bicyclic) bond motifs is 1. The molecule has 1 unspecified atom stereocenters. The Bertz CT molecular complexity index is 1110. The number of hydrogen-bond donors (Lipinski definition) is 5. The van der Waals surface area contributed by atoms with Gasteiger partial charge in [-0.3, -0.25) is 23.7 Å². The Morgan fingerprint density at radius 3 is 2.41 bits per heavy atom. The van der Waals surface area contributed by atoms with Gasteiger partial charge in [0.2, 0.25) is 5.91 Å². The van der Waals surface area contributed by atoms with Gasteiger partial charge < -0.3 is 25.9 Å². The number of rotatable bonds is 14. The minimum atomic E-state index is -4.80. The third-order valence-electron chi connectivity index (χ3n) is 6.56.